The van der Waals surface area contributed by atoms with E-state index in [1.807, 2.05) is 36.4 Å². The molecule has 0 N–H and O–H groups in total. The summed E-state index contributed by atoms with van der Waals surface area (Å²) in [4.78, 5) is 0. The molecule has 0 unspecified atom stereocenters. The minimum Gasteiger partial charge on any atom is -0.490 e. The molecule has 0 spiro atoms. The highest BCUT2D eigenvalue weighted by atomic mass is 19.1. The first kappa shape index (κ1) is 21.6. The number of fused-ring (bicyclic) bond motifs is 1. The van der Waals surface area contributed by atoms with Crippen LogP contribution in [0.4, 0.5) is 4.39 Å². The van der Waals surface area contributed by atoms with E-state index >= 15 is 4.39 Å². The van der Waals surface area contributed by atoms with Crippen LogP contribution in [0.3, 0.4) is 0 Å². The number of ether oxygens (including phenoxy) is 1. The van der Waals surface area contributed by atoms with Crippen molar-refractivity contribution in [1.29, 1.82) is 0 Å². The molecule has 31 heavy (non-hydrogen) atoms. The van der Waals surface area contributed by atoms with Crippen molar-refractivity contribution in [1.82, 2.24) is 0 Å². The van der Waals surface area contributed by atoms with Crippen LogP contribution in [0, 0.1) is 11.7 Å². The molecular weight excluding hydrogens is 383 g/mol. The van der Waals surface area contributed by atoms with E-state index in [0.29, 0.717) is 23.5 Å². The molecule has 1 aliphatic carbocycles. The molecule has 0 aromatic heterocycles. The number of hydrogen-bond acceptors (Lipinski definition) is 1. The van der Waals surface area contributed by atoms with Crippen LogP contribution in [0.1, 0.15) is 63.4 Å². The van der Waals surface area contributed by atoms with Crippen LogP contribution in [0.25, 0.3) is 21.9 Å². The summed E-state index contributed by atoms with van der Waals surface area (Å²) in [5, 5.41) is 1.70. The molecule has 162 valence electrons. The second-order valence-corrected chi connectivity index (χ2v) is 8.89. The molecule has 3 aromatic rings. The van der Waals surface area contributed by atoms with E-state index in [0.717, 1.165) is 22.6 Å². The predicted molar refractivity (Wildman–Crippen MR) is 129 cm³/mol. The lowest BCUT2D eigenvalue weighted by Gasteiger charge is -2.29. The summed E-state index contributed by atoms with van der Waals surface area (Å²) in [5.74, 6) is 2.14. The quantitative estimate of drug-likeness (QED) is 0.334. The molecule has 0 saturated heterocycles. The molecule has 1 aliphatic rings. The Morgan fingerprint density at radius 2 is 1.77 bits per heavy atom. The number of halogens is 1. The maximum Gasteiger partial charge on any atom is 0.138 e. The average molecular weight is 417 g/mol. The van der Waals surface area contributed by atoms with Gasteiger partial charge in [-0.1, -0.05) is 81.3 Å². The van der Waals surface area contributed by atoms with Crippen LogP contribution >= 0.6 is 0 Å². The van der Waals surface area contributed by atoms with E-state index in [1.165, 1.54) is 50.5 Å². The van der Waals surface area contributed by atoms with Crippen molar-refractivity contribution in [3.8, 4) is 16.9 Å². The molecule has 0 bridgehead atoms. The van der Waals surface area contributed by atoms with Gasteiger partial charge in [0.2, 0.25) is 0 Å². The second-order valence-electron chi connectivity index (χ2n) is 8.89. The van der Waals surface area contributed by atoms with Crippen LogP contribution in [-0.2, 0) is 0 Å². The first-order chi connectivity index (χ1) is 15.2. The predicted octanol–water partition coefficient (Wildman–Crippen LogP) is 8.67. The Kier molecular flexibility index (Phi) is 7.06. The molecule has 0 amide bonds. The minimum atomic E-state index is -0.146. The highest BCUT2D eigenvalue weighted by Gasteiger charge is 2.22. The van der Waals surface area contributed by atoms with Gasteiger partial charge < -0.3 is 4.74 Å². The number of benzene rings is 3. The van der Waals surface area contributed by atoms with E-state index in [2.05, 4.69) is 31.7 Å². The highest BCUT2D eigenvalue weighted by Crippen LogP contribution is 2.39. The Hall–Kier alpha value is -2.61. The smallest absolute Gasteiger partial charge is 0.138 e. The fourth-order valence-electron chi connectivity index (χ4n) is 4.95. The van der Waals surface area contributed by atoms with E-state index in [-0.39, 0.29) is 5.82 Å². The van der Waals surface area contributed by atoms with E-state index in [4.69, 9.17) is 4.74 Å². The molecule has 0 aliphatic heterocycles. The average Bonchev–Trinajstić information content (AvgIpc) is 2.82. The van der Waals surface area contributed by atoms with E-state index < -0.39 is 0 Å². The molecule has 1 nitrogen and oxygen atoms in total. The number of hydrogen-bond donors (Lipinski definition) is 0. The fraction of sp³-hybridized carbons (Fsp3) is 0.379. The standard InChI is InChI=1S/C29H33FO/c1-3-5-6-21-7-9-22(10-8-21)24-13-17-28-25(20-24)14-18-27(29(28)30)23-11-15-26(16-12-23)31-19-4-2/h4,11-18,20-22H,2-3,5-10,19H2,1H3/t21-,22-. The molecule has 3 aromatic carbocycles. The molecule has 0 heterocycles. The van der Waals surface area contributed by atoms with Crippen molar-refractivity contribution < 1.29 is 9.13 Å². The zero-order chi connectivity index (χ0) is 21.6. The minimum absolute atomic E-state index is 0.146. The van der Waals surface area contributed by atoms with Crippen molar-refractivity contribution in [3.63, 3.8) is 0 Å². The topological polar surface area (TPSA) is 9.23 Å². The van der Waals surface area contributed by atoms with Gasteiger partial charge in [0.15, 0.2) is 0 Å². The van der Waals surface area contributed by atoms with Crippen LogP contribution in [0.15, 0.2) is 67.3 Å². The van der Waals surface area contributed by atoms with Crippen LogP contribution in [0.2, 0.25) is 0 Å². The molecule has 0 radical (unpaired) electrons. The summed E-state index contributed by atoms with van der Waals surface area (Å²) in [6, 6.07) is 17.9. The van der Waals surface area contributed by atoms with Crippen molar-refractivity contribution in [2.24, 2.45) is 5.92 Å². The van der Waals surface area contributed by atoms with Crippen molar-refractivity contribution in [2.45, 2.75) is 57.8 Å². The lowest BCUT2D eigenvalue weighted by atomic mass is 9.77. The lowest BCUT2D eigenvalue weighted by Crippen LogP contribution is -2.13. The van der Waals surface area contributed by atoms with Gasteiger partial charge >= 0.3 is 0 Å². The Morgan fingerprint density at radius 3 is 2.48 bits per heavy atom. The normalized spacial score (nSPS) is 18.8. The van der Waals surface area contributed by atoms with E-state index in [9.17, 15) is 0 Å². The Bertz CT molecular complexity index is 1010. The van der Waals surface area contributed by atoms with E-state index in [1.54, 1.807) is 6.08 Å². The van der Waals surface area contributed by atoms with Crippen LogP contribution in [-0.4, -0.2) is 6.61 Å². The Labute approximate surface area is 185 Å². The summed E-state index contributed by atoms with van der Waals surface area (Å²) >= 11 is 0. The maximum atomic E-state index is 15.4. The lowest BCUT2D eigenvalue weighted by molar-refractivity contribution is 0.304. The Balaban J connectivity index is 1.51. The monoisotopic (exact) mass is 416 g/mol. The van der Waals surface area contributed by atoms with Gasteiger partial charge in [-0.15, -0.1) is 0 Å². The highest BCUT2D eigenvalue weighted by molar-refractivity contribution is 5.89. The zero-order valence-electron chi connectivity index (χ0n) is 18.6. The fourth-order valence-corrected chi connectivity index (χ4v) is 4.95. The molecular formula is C29H33FO. The molecule has 4 rings (SSSR count). The summed E-state index contributed by atoms with van der Waals surface area (Å²) in [5.41, 5.74) is 2.86. The zero-order valence-corrected chi connectivity index (χ0v) is 18.6. The SMILES string of the molecule is C=CCOc1ccc(-c2ccc3cc([C@H]4CC[C@H](CCCC)CC4)ccc3c2F)cc1. The third-order valence-electron chi connectivity index (χ3n) is 6.80. The summed E-state index contributed by atoms with van der Waals surface area (Å²) in [6.07, 6.45) is 11.0. The van der Waals surface area contributed by atoms with Gasteiger partial charge in [0.05, 0.1) is 0 Å². The van der Waals surface area contributed by atoms with Crippen molar-refractivity contribution in [2.75, 3.05) is 6.61 Å². The second kappa shape index (κ2) is 10.1. The Morgan fingerprint density at radius 1 is 1.00 bits per heavy atom. The van der Waals surface area contributed by atoms with Gasteiger partial charge in [-0.3, -0.25) is 0 Å². The van der Waals surface area contributed by atoms with Gasteiger partial charge in [0.25, 0.3) is 0 Å². The van der Waals surface area contributed by atoms with Crippen molar-refractivity contribution in [3.05, 3.63) is 78.6 Å². The summed E-state index contributed by atoms with van der Waals surface area (Å²) < 4.78 is 20.9. The van der Waals surface area contributed by atoms with Gasteiger partial charge in [-0.2, -0.15) is 0 Å². The molecule has 0 atom stereocenters. The van der Waals surface area contributed by atoms with Crippen molar-refractivity contribution >= 4 is 10.8 Å². The molecule has 1 saturated carbocycles. The summed E-state index contributed by atoms with van der Waals surface area (Å²) in [6.45, 7) is 6.40. The molecule has 2 heteroatoms. The van der Waals surface area contributed by atoms with Crippen LogP contribution < -0.4 is 4.74 Å². The van der Waals surface area contributed by atoms with Gasteiger partial charge in [-0.05, 0) is 66.2 Å². The van der Waals surface area contributed by atoms with Gasteiger partial charge in [-0.25, -0.2) is 4.39 Å². The first-order valence-electron chi connectivity index (χ1n) is 11.8. The molecule has 1 fully saturated rings. The largest absolute Gasteiger partial charge is 0.490 e. The number of unbranched alkanes of at least 4 members (excludes halogenated alkanes) is 1. The third kappa shape index (κ3) is 5.01. The third-order valence-corrected chi connectivity index (χ3v) is 6.80. The first-order valence-corrected chi connectivity index (χ1v) is 11.8. The number of rotatable bonds is 8. The summed E-state index contributed by atoms with van der Waals surface area (Å²) in [7, 11) is 0. The van der Waals surface area contributed by atoms with Gasteiger partial charge in [0, 0.05) is 10.9 Å². The maximum absolute atomic E-state index is 15.4. The van der Waals surface area contributed by atoms with Gasteiger partial charge in [0.1, 0.15) is 18.2 Å². The van der Waals surface area contributed by atoms with Crippen LogP contribution in [0.5, 0.6) is 5.75 Å².